The summed E-state index contributed by atoms with van der Waals surface area (Å²) in [7, 11) is 0. The number of nitrogens with zero attached hydrogens (tertiary/aromatic N) is 2. The van der Waals surface area contributed by atoms with Crippen molar-refractivity contribution < 1.29 is 4.79 Å². The lowest BCUT2D eigenvalue weighted by Crippen LogP contribution is -2.27. The molecule has 0 aliphatic heterocycles. The van der Waals surface area contributed by atoms with E-state index in [1.54, 1.807) is 17.4 Å². The average molecular weight is 407 g/mol. The fraction of sp³-hybridized carbons (Fsp3) is 0.227. The molecule has 3 aromatic heterocycles. The summed E-state index contributed by atoms with van der Waals surface area (Å²) in [6.07, 6.45) is 3.71. The number of carbonyl (C=O) groups is 1. The molecule has 2 N–H and O–H groups in total. The minimum Gasteiger partial charge on any atom is -0.361 e. The molecule has 7 heteroatoms. The molecule has 0 bridgehead atoms. The van der Waals surface area contributed by atoms with Gasteiger partial charge in [-0.15, -0.1) is 11.3 Å². The van der Waals surface area contributed by atoms with Gasteiger partial charge in [0.05, 0.1) is 4.88 Å². The Kier molecular flexibility index (Phi) is 5.86. The number of aryl methyl sites for hydroxylation is 1. The van der Waals surface area contributed by atoms with Crippen LogP contribution in [0.15, 0.2) is 64.9 Å². The first-order chi connectivity index (χ1) is 14.2. The number of amides is 1. The maximum absolute atomic E-state index is 12.1. The van der Waals surface area contributed by atoms with Crippen LogP contribution in [-0.2, 0) is 17.8 Å². The van der Waals surface area contributed by atoms with Gasteiger partial charge >= 0.3 is 0 Å². The standard InChI is InChI=1S/C22H22N4O2S/c27-21(23-12-11-16-15-24-18-6-2-1-5-17(16)18)8-3-13-26-22(28)10-9-19(25-26)20-7-4-14-29-20/h1-2,4-7,9-10,14-15,24H,3,8,11-13H2,(H,23,27). The summed E-state index contributed by atoms with van der Waals surface area (Å²) in [5, 5.41) is 10.5. The van der Waals surface area contributed by atoms with Gasteiger partial charge in [-0.25, -0.2) is 4.68 Å². The Balaban J connectivity index is 1.25. The van der Waals surface area contributed by atoms with Crippen LogP contribution in [0.4, 0.5) is 0 Å². The van der Waals surface area contributed by atoms with Crippen molar-refractivity contribution in [1.82, 2.24) is 20.1 Å². The van der Waals surface area contributed by atoms with Crippen molar-refractivity contribution in [2.24, 2.45) is 0 Å². The van der Waals surface area contributed by atoms with E-state index in [1.807, 2.05) is 41.9 Å². The monoisotopic (exact) mass is 406 g/mol. The number of aromatic nitrogens is 3. The first-order valence-electron chi connectivity index (χ1n) is 9.64. The van der Waals surface area contributed by atoms with E-state index in [2.05, 4.69) is 21.5 Å². The number of hydrogen-bond donors (Lipinski definition) is 2. The van der Waals surface area contributed by atoms with Crippen LogP contribution in [0.5, 0.6) is 0 Å². The maximum Gasteiger partial charge on any atom is 0.266 e. The highest BCUT2D eigenvalue weighted by Gasteiger charge is 2.07. The molecule has 1 aromatic carbocycles. The lowest BCUT2D eigenvalue weighted by atomic mass is 10.1. The molecule has 0 aliphatic rings. The summed E-state index contributed by atoms with van der Waals surface area (Å²) in [5.74, 6) is -0.00713. The molecule has 0 spiro atoms. The van der Waals surface area contributed by atoms with Crippen LogP contribution in [0.3, 0.4) is 0 Å². The van der Waals surface area contributed by atoms with Gasteiger partial charge in [-0.3, -0.25) is 9.59 Å². The number of rotatable bonds is 8. The third kappa shape index (κ3) is 4.63. The first-order valence-corrected chi connectivity index (χ1v) is 10.5. The summed E-state index contributed by atoms with van der Waals surface area (Å²) >= 11 is 1.58. The van der Waals surface area contributed by atoms with Gasteiger partial charge in [0.1, 0.15) is 5.69 Å². The van der Waals surface area contributed by atoms with Gasteiger partial charge in [-0.2, -0.15) is 5.10 Å². The van der Waals surface area contributed by atoms with E-state index in [4.69, 9.17) is 0 Å². The van der Waals surface area contributed by atoms with Crippen LogP contribution in [0, 0.1) is 0 Å². The molecule has 4 aromatic rings. The zero-order chi connectivity index (χ0) is 20.1. The molecule has 1 amide bonds. The van der Waals surface area contributed by atoms with Gasteiger partial charge in [0, 0.05) is 42.7 Å². The normalized spacial score (nSPS) is 11.0. The Morgan fingerprint density at radius 1 is 1.14 bits per heavy atom. The van der Waals surface area contributed by atoms with E-state index in [0.29, 0.717) is 25.9 Å². The second-order valence-corrected chi connectivity index (χ2v) is 7.77. The molecule has 0 fully saturated rings. The molecule has 29 heavy (non-hydrogen) atoms. The number of hydrogen-bond acceptors (Lipinski definition) is 4. The molecule has 0 saturated heterocycles. The predicted octanol–water partition coefficient (Wildman–Crippen LogP) is 3.59. The van der Waals surface area contributed by atoms with Crippen LogP contribution in [-0.4, -0.2) is 27.2 Å². The summed E-state index contributed by atoms with van der Waals surface area (Å²) < 4.78 is 1.44. The number of para-hydroxylation sites is 1. The SMILES string of the molecule is O=C(CCCn1nc(-c2cccs2)ccc1=O)NCCc1c[nH]c2ccccc12. The molecule has 0 aliphatic carbocycles. The number of aromatic amines is 1. The van der Waals surface area contributed by atoms with Crippen LogP contribution in [0.25, 0.3) is 21.5 Å². The quantitative estimate of drug-likeness (QED) is 0.469. The van der Waals surface area contributed by atoms with E-state index < -0.39 is 0 Å². The summed E-state index contributed by atoms with van der Waals surface area (Å²) in [4.78, 5) is 28.4. The second-order valence-electron chi connectivity index (χ2n) is 6.82. The van der Waals surface area contributed by atoms with Crippen molar-refractivity contribution in [2.45, 2.75) is 25.8 Å². The Hall–Kier alpha value is -3.19. The third-order valence-corrected chi connectivity index (χ3v) is 5.70. The van der Waals surface area contributed by atoms with E-state index in [1.165, 1.54) is 21.7 Å². The minimum absolute atomic E-state index is 0.00713. The van der Waals surface area contributed by atoms with Gasteiger partial charge in [0.15, 0.2) is 0 Å². The highest BCUT2D eigenvalue weighted by Crippen LogP contribution is 2.21. The third-order valence-electron chi connectivity index (χ3n) is 4.81. The van der Waals surface area contributed by atoms with E-state index in [9.17, 15) is 9.59 Å². The molecular weight excluding hydrogens is 384 g/mol. The largest absolute Gasteiger partial charge is 0.361 e. The molecule has 6 nitrogen and oxygen atoms in total. The molecular formula is C22H22N4O2S. The molecule has 4 rings (SSSR count). The minimum atomic E-state index is -0.148. The highest BCUT2D eigenvalue weighted by molar-refractivity contribution is 7.13. The fourth-order valence-corrected chi connectivity index (χ4v) is 4.01. The molecule has 3 heterocycles. The Labute approximate surface area is 172 Å². The summed E-state index contributed by atoms with van der Waals surface area (Å²) in [5.41, 5.74) is 2.94. The molecule has 148 valence electrons. The predicted molar refractivity (Wildman–Crippen MR) is 116 cm³/mol. The van der Waals surface area contributed by atoms with Crippen LogP contribution < -0.4 is 10.9 Å². The van der Waals surface area contributed by atoms with Gasteiger partial charge in [-0.05, 0) is 42.0 Å². The molecule has 0 radical (unpaired) electrons. The zero-order valence-corrected chi connectivity index (χ0v) is 16.7. The van der Waals surface area contributed by atoms with Crippen molar-refractivity contribution >= 4 is 28.1 Å². The summed E-state index contributed by atoms with van der Waals surface area (Å²) in [6.45, 7) is 1.01. The van der Waals surface area contributed by atoms with Crippen molar-refractivity contribution in [3.8, 4) is 10.6 Å². The number of thiophene rings is 1. The molecule has 0 unspecified atom stereocenters. The van der Waals surface area contributed by atoms with E-state index in [0.717, 1.165) is 22.5 Å². The van der Waals surface area contributed by atoms with Crippen LogP contribution in [0.2, 0.25) is 0 Å². The van der Waals surface area contributed by atoms with Gasteiger partial charge in [0.2, 0.25) is 5.91 Å². The molecule has 0 saturated carbocycles. The van der Waals surface area contributed by atoms with Crippen LogP contribution in [0.1, 0.15) is 18.4 Å². The maximum atomic E-state index is 12.1. The van der Waals surface area contributed by atoms with Crippen molar-refractivity contribution in [2.75, 3.05) is 6.54 Å². The van der Waals surface area contributed by atoms with Crippen molar-refractivity contribution in [1.29, 1.82) is 0 Å². The molecule has 0 atom stereocenters. The Bertz CT molecular complexity index is 1160. The smallest absolute Gasteiger partial charge is 0.266 e. The zero-order valence-electron chi connectivity index (χ0n) is 15.9. The van der Waals surface area contributed by atoms with Gasteiger partial charge < -0.3 is 10.3 Å². The van der Waals surface area contributed by atoms with E-state index in [-0.39, 0.29) is 11.5 Å². The Morgan fingerprint density at radius 2 is 2.03 bits per heavy atom. The Morgan fingerprint density at radius 3 is 2.90 bits per heavy atom. The second kappa shape index (κ2) is 8.87. The summed E-state index contributed by atoms with van der Waals surface area (Å²) in [6, 6.07) is 15.3. The van der Waals surface area contributed by atoms with Crippen LogP contribution >= 0.6 is 11.3 Å². The lowest BCUT2D eigenvalue weighted by molar-refractivity contribution is -0.121. The topological polar surface area (TPSA) is 79.8 Å². The fourth-order valence-electron chi connectivity index (χ4n) is 3.32. The first kappa shape index (κ1) is 19.1. The van der Waals surface area contributed by atoms with Crippen molar-refractivity contribution in [3.05, 3.63) is 76.0 Å². The number of H-pyrrole nitrogens is 1. The van der Waals surface area contributed by atoms with Gasteiger partial charge in [-0.1, -0.05) is 24.3 Å². The van der Waals surface area contributed by atoms with Gasteiger partial charge in [0.25, 0.3) is 5.56 Å². The van der Waals surface area contributed by atoms with Crippen molar-refractivity contribution in [3.63, 3.8) is 0 Å². The van der Waals surface area contributed by atoms with E-state index >= 15 is 0 Å². The number of carbonyl (C=O) groups excluding carboxylic acids is 1. The highest BCUT2D eigenvalue weighted by atomic mass is 32.1. The number of nitrogens with one attached hydrogen (secondary N) is 2. The number of fused-ring (bicyclic) bond motifs is 1. The number of benzene rings is 1. The average Bonchev–Trinajstić information content (AvgIpc) is 3.40. The lowest BCUT2D eigenvalue weighted by Gasteiger charge is -2.07.